The van der Waals surface area contributed by atoms with Crippen molar-refractivity contribution in [3.8, 4) is 11.1 Å². The Morgan fingerprint density at radius 2 is 1.85 bits per heavy atom. The normalized spacial score (nSPS) is 13.7. The van der Waals surface area contributed by atoms with Crippen molar-refractivity contribution in [2.24, 2.45) is 5.73 Å². The van der Waals surface area contributed by atoms with E-state index >= 15 is 0 Å². The number of nitrogens with two attached hydrogens (primary N) is 1. The summed E-state index contributed by atoms with van der Waals surface area (Å²) in [7, 11) is 0. The number of carbonyl (C=O) groups is 2. The highest BCUT2D eigenvalue weighted by molar-refractivity contribution is 6.01. The minimum absolute atomic E-state index is 0.144. The number of hydrogen-bond acceptors (Lipinski definition) is 8. The Kier molecular flexibility index (Phi) is 7.99. The summed E-state index contributed by atoms with van der Waals surface area (Å²) in [4.78, 5) is 37.8. The Balaban J connectivity index is 1.43. The first-order valence-electron chi connectivity index (χ1n) is 13.0. The molecule has 1 aromatic heterocycles. The number of aliphatic hydroxyl groups is 1. The highest BCUT2D eigenvalue weighted by Crippen LogP contribution is 2.31. The Bertz CT molecular complexity index is 1560. The number of aliphatic hydroxyl groups excluding tert-OH is 1. The van der Waals surface area contributed by atoms with Crippen molar-refractivity contribution in [2.45, 2.75) is 0 Å². The smallest absolute Gasteiger partial charge is 0.250 e. The Labute approximate surface area is 232 Å². The van der Waals surface area contributed by atoms with E-state index in [1.807, 2.05) is 54.6 Å². The van der Waals surface area contributed by atoms with E-state index in [1.165, 1.54) is 6.08 Å². The number of anilines is 4. The van der Waals surface area contributed by atoms with Crippen LogP contribution in [0.25, 0.3) is 22.0 Å². The van der Waals surface area contributed by atoms with Gasteiger partial charge in [0, 0.05) is 61.2 Å². The van der Waals surface area contributed by atoms with Gasteiger partial charge in [0.25, 0.3) is 5.91 Å². The largest absolute Gasteiger partial charge is 0.395 e. The number of primary amides is 1. The number of hydrogen-bond donors (Lipinski definition) is 4. The van der Waals surface area contributed by atoms with Crippen LogP contribution in [-0.2, 0) is 4.79 Å². The van der Waals surface area contributed by atoms with Gasteiger partial charge in [0.05, 0.1) is 23.4 Å². The molecule has 0 unspecified atom stereocenters. The molecule has 0 radical (unpaired) electrons. The molecule has 4 aromatic rings. The average molecular weight is 538 g/mol. The molecule has 0 bridgehead atoms. The first-order valence-corrected chi connectivity index (χ1v) is 13.0. The van der Waals surface area contributed by atoms with Crippen molar-refractivity contribution in [2.75, 3.05) is 54.9 Å². The second-order valence-electron chi connectivity index (χ2n) is 9.48. The van der Waals surface area contributed by atoms with Crippen molar-refractivity contribution >= 4 is 45.7 Å². The maximum atomic E-state index is 12.4. The van der Waals surface area contributed by atoms with E-state index in [9.17, 15) is 14.7 Å². The lowest BCUT2D eigenvalue weighted by Gasteiger charge is -2.36. The van der Waals surface area contributed by atoms with Gasteiger partial charge in [-0.1, -0.05) is 36.9 Å². The fourth-order valence-corrected chi connectivity index (χ4v) is 4.84. The van der Waals surface area contributed by atoms with Crippen LogP contribution in [0.1, 0.15) is 10.4 Å². The number of carbonyl (C=O) groups excluding carboxylic acids is 2. The summed E-state index contributed by atoms with van der Waals surface area (Å²) in [6.45, 7) is 7.56. The summed E-state index contributed by atoms with van der Waals surface area (Å²) < 4.78 is 0. The van der Waals surface area contributed by atoms with Crippen LogP contribution in [0.2, 0.25) is 0 Å². The highest BCUT2D eigenvalue weighted by atomic mass is 16.3. The number of rotatable bonds is 9. The van der Waals surface area contributed by atoms with Crippen LogP contribution in [0.5, 0.6) is 0 Å². The third-order valence-corrected chi connectivity index (χ3v) is 6.91. The summed E-state index contributed by atoms with van der Waals surface area (Å²) in [5.41, 5.74) is 10.6. The van der Waals surface area contributed by atoms with Crippen molar-refractivity contribution in [3.05, 3.63) is 85.1 Å². The molecule has 2 heterocycles. The predicted octanol–water partition coefficient (Wildman–Crippen LogP) is 3.38. The van der Waals surface area contributed by atoms with Gasteiger partial charge >= 0.3 is 0 Å². The maximum absolute atomic E-state index is 12.4. The van der Waals surface area contributed by atoms with Gasteiger partial charge in [-0.3, -0.25) is 14.5 Å². The van der Waals surface area contributed by atoms with Crippen LogP contribution in [0.15, 0.2) is 79.5 Å². The molecule has 1 saturated heterocycles. The molecule has 5 rings (SSSR count). The number of nitrogens with zero attached hydrogens (tertiary/aromatic N) is 4. The van der Waals surface area contributed by atoms with E-state index in [0.717, 1.165) is 48.4 Å². The first kappa shape index (κ1) is 26.8. The van der Waals surface area contributed by atoms with Crippen LogP contribution in [-0.4, -0.2) is 71.1 Å². The van der Waals surface area contributed by atoms with Crippen molar-refractivity contribution in [1.82, 2.24) is 14.9 Å². The molecule has 0 spiro atoms. The molecule has 1 aliphatic heterocycles. The van der Waals surface area contributed by atoms with Gasteiger partial charge in [0.15, 0.2) is 0 Å². The first-order chi connectivity index (χ1) is 19.4. The van der Waals surface area contributed by atoms with E-state index < -0.39 is 5.91 Å². The monoisotopic (exact) mass is 537 g/mol. The zero-order chi connectivity index (χ0) is 28.1. The zero-order valence-corrected chi connectivity index (χ0v) is 22.0. The van der Waals surface area contributed by atoms with Crippen LogP contribution in [0.4, 0.5) is 23.0 Å². The van der Waals surface area contributed by atoms with Crippen LogP contribution in [0.3, 0.4) is 0 Å². The maximum Gasteiger partial charge on any atom is 0.250 e. The quantitative estimate of drug-likeness (QED) is 0.239. The van der Waals surface area contributed by atoms with Crippen LogP contribution < -0.4 is 21.3 Å². The number of amides is 2. The van der Waals surface area contributed by atoms with Crippen molar-refractivity contribution in [1.29, 1.82) is 0 Å². The second kappa shape index (κ2) is 11.9. The van der Waals surface area contributed by atoms with Gasteiger partial charge in [-0.05, 0) is 42.0 Å². The van der Waals surface area contributed by atoms with Gasteiger partial charge < -0.3 is 26.4 Å². The Morgan fingerprint density at radius 3 is 2.60 bits per heavy atom. The SMILES string of the molecule is C=CC(=O)Nc1cccc(-c2cccc3cnc(Nc4ccc(N5CCN(CCO)CC5)cc4C(N)=O)nc23)c1. The minimum atomic E-state index is -0.553. The molecule has 0 saturated carbocycles. The van der Waals surface area contributed by atoms with Crippen molar-refractivity contribution < 1.29 is 14.7 Å². The number of benzene rings is 3. The number of fused-ring (bicyclic) bond motifs is 1. The molecule has 0 aliphatic carbocycles. The van der Waals surface area contributed by atoms with Gasteiger partial charge in [-0.25, -0.2) is 9.97 Å². The number of β-amino-alcohol motifs (C(OH)–C–C–N with tert-alkyl or cyclic N) is 1. The summed E-state index contributed by atoms with van der Waals surface area (Å²) in [6, 6.07) is 18.9. The molecular formula is C30H31N7O3. The number of para-hydroxylation sites is 1. The molecule has 10 heteroatoms. The summed E-state index contributed by atoms with van der Waals surface area (Å²) in [5, 5.41) is 16.0. The Morgan fingerprint density at radius 1 is 1.05 bits per heavy atom. The summed E-state index contributed by atoms with van der Waals surface area (Å²) in [6.07, 6.45) is 2.95. The lowest BCUT2D eigenvalue weighted by molar-refractivity contribution is -0.111. The standard InChI is InChI=1S/C30H31N7O3/c1-2-27(39)33-22-7-3-5-20(17-22)24-8-4-6-21-19-32-30(35-28(21)24)34-26-10-9-23(18-25(26)29(31)40)37-13-11-36(12-14-37)15-16-38/h2-10,17-19,38H,1,11-16H2,(H2,31,40)(H,33,39)(H,32,34,35). The third kappa shape index (κ3) is 5.93. The van der Waals surface area contributed by atoms with E-state index in [-0.39, 0.29) is 12.5 Å². The van der Waals surface area contributed by atoms with Crippen LogP contribution in [0, 0.1) is 0 Å². The predicted molar refractivity (Wildman–Crippen MR) is 158 cm³/mol. The third-order valence-electron chi connectivity index (χ3n) is 6.91. The van der Waals surface area contributed by atoms with E-state index in [4.69, 9.17) is 10.7 Å². The molecule has 3 aromatic carbocycles. The number of aromatic nitrogens is 2. The van der Waals surface area contributed by atoms with E-state index in [1.54, 1.807) is 12.3 Å². The molecule has 10 nitrogen and oxygen atoms in total. The molecule has 204 valence electrons. The van der Waals surface area contributed by atoms with E-state index in [2.05, 4.69) is 32.0 Å². The molecule has 5 N–H and O–H groups in total. The lowest BCUT2D eigenvalue weighted by atomic mass is 10.0. The number of nitrogens with one attached hydrogen (secondary N) is 2. The molecule has 40 heavy (non-hydrogen) atoms. The topological polar surface area (TPSA) is 137 Å². The second-order valence-corrected chi connectivity index (χ2v) is 9.48. The van der Waals surface area contributed by atoms with Gasteiger partial charge in [0.2, 0.25) is 11.9 Å². The molecule has 0 atom stereocenters. The van der Waals surface area contributed by atoms with E-state index in [0.29, 0.717) is 34.9 Å². The highest BCUT2D eigenvalue weighted by Gasteiger charge is 2.19. The number of piperazine rings is 1. The lowest BCUT2D eigenvalue weighted by Crippen LogP contribution is -2.47. The molecular weight excluding hydrogens is 506 g/mol. The minimum Gasteiger partial charge on any atom is -0.395 e. The molecule has 2 amide bonds. The Hall–Kier alpha value is -4.80. The van der Waals surface area contributed by atoms with Gasteiger partial charge in [-0.2, -0.15) is 0 Å². The van der Waals surface area contributed by atoms with Gasteiger partial charge in [-0.15, -0.1) is 0 Å². The fraction of sp³-hybridized carbons (Fsp3) is 0.200. The average Bonchev–Trinajstić information content (AvgIpc) is 2.97. The van der Waals surface area contributed by atoms with Crippen molar-refractivity contribution in [3.63, 3.8) is 0 Å². The van der Waals surface area contributed by atoms with Crippen LogP contribution >= 0.6 is 0 Å². The van der Waals surface area contributed by atoms with Gasteiger partial charge in [0.1, 0.15) is 0 Å². The zero-order valence-electron chi connectivity index (χ0n) is 22.0. The fourth-order valence-electron chi connectivity index (χ4n) is 4.84. The summed E-state index contributed by atoms with van der Waals surface area (Å²) in [5.74, 6) is -0.517. The summed E-state index contributed by atoms with van der Waals surface area (Å²) >= 11 is 0. The molecule has 1 aliphatic rings. The molecule has 1 fully saturated rings.